The Morgan fingerprint density at radius 1 is 1.09 bits per heavy atom. The molecule has 174 valence electrons. The molecule has 1 aromatic heterocycles. The monoisotopic (exact) mass is 448 g/mol. The first kappa shape index (κ1) is 21.6. The number of piperazine rings is 1. The number of phenolic OH excluding ortho intramolecular Hbond substituents is 1. The maximum Gasteiger partial charge on any atom is 0.222 e. The Balaban J connectivity index is 0.00000274. The van der Waals surface area contributed by atoms with Crippen LogP contribution in [0.3, 0.4) is 0 Å². The van der Waals surface area contributed by atoms with Gasteiger partial charge >= 0.3 is 0 Å². The average molecular weight is 449 g/mol. The van der Waals surface area contributed by atoms with Gasteiger partial charge in [0.2, 0.25) is 5.91 Å². The molecule has 5 rings (SSSR count). The molecular formula is C26H32N4O3. The second-order valence-electron chi connectivity index (χ2n) is 9.04. The smallest absolute Gasteiger partial charge is 0.222 e. The van der Waals surface area contributed by atoms with Crippen molar-refractivity contribution in [3.8, 4) is 17.1 Å². The Labute approximate surface area is 195 Å². The number of benzene rings is 2. The van der Waals surface area contributed by atoms with Crippen molar-refractivity contribution in [1.29, 1.82) is 0 Å². The minimum absolute atomic E-state index is 0. The summed E-state index contributed by atoms with van der Waals surface area (Å²) in [6.07, 6.45) is 2.58. The molecule has 3 aromatic rings. The number of aromatic hydroxyl groups is 1. The molecule has 2 saturated heterocycles. The normalized spacial score (nSPS) is 17.5. The van der Waals surface area contributed by atoms with Gasteiger partial charge in [0.1, 0.15) is 11.6 Å². The first-order valence-electron chi connectivity index (χ1n) is 11.8. The number of phenols is 1. The molecular weight excluding hydrogens is 416 g/mol. The summed E-state index contributed by atoms with van der Waals surface area (Å²) < 4.78 is 5.42. The maximum absolute atomic E-state index is 12.8. The van der Waals surface area contributed by atoms with Gasteiger partial charge in [-0.1, -0.05) is 18.2 Å². The molecule has 2 aliphatic rings. The molecule has 1 N–H and O–H groups in total. The molecule has 0 atom stereocenters. The van der Waals surface area contributed by atoms with Crippen LogP contribution in [0.15, 0.2) is 42.5 Å². The molecule has 0 aliphatic carbocycles. The number of fused-ring (bicyclic) bond motifs is 1. The van der Waals surface area contributed by atoms with Gasteiger partial charge in [0.25, 0.3) is 0 Å². The quantitative estimate of drug-likeness (QED) is 0.649. The highest BCUT2D eigenvalue weighted by molar-refractivity contribution is 5.92. The van der Waals surface area contributed by atoms with Crippen molar-refractivity contribution >= 4 is 22.6 Å². The summed E-state index contributed by atoms with van der Waals surface area (Å²) >= 11 is 0. The van der Waals surface area contributed by atoms with Crippen molar-refractivity contribution in [3.05, 3.63) is 48.0 Å². The molecule has 0 radical (unpaired) electrons. The number of ether oxygens (including phenoxy) is 1. The van der Waals surface area contributed by atoms with Crippen molar-refractivity contribution in [2.75, 3.05) is 44.3 Å². The van der Waals surface area contributed by atoms with Gasteiger partial charge < -0.3 is 19.6 Å². The van der Waals surface area contributed by atoms with E-state index in [0.717, 1.165) is 61.4 Å². The molecule has 7 nitrogen and oxygen atoms in total. The first-order valence-corrected chi connectivity index (χ1v) is 11.8. The van der Waals surface area contributed by atoms with E-state index < -0.39 is 0 Å². The Morgan fingerprint density at radius 2 is 1.85 bits per heavy atom. The summed E-state index contributed by atoms with van der Waals surface area (Å²) in [5, 5.41) is 11.4. The zero-order chi connectivity index (χ0) is 22.8. The number of rotatable bonds is 4. The van der Waals surface area contributed by atoms with Crippen LogP contribution in [0.4, 0.5) is 5.82 Å². The number of amides is 1. The highest BCUT2D eigenvalue weighted by atomic mass is 16.5. The molecule has 0 bridgehead atoms. The maximum atomic E-state index is 12.8. The van der Waals surface area contributed by atoms with Crippen LogP contribution in [-0.4, -0.2) is 65.3 Å². The fraction of sp³-hybridized carbons (Fsp3) is 0.423. The summed E-state index contributed by atoms with van der Waals surface area (Å²) in [5.41, 5.74) is 2.60. The Bertz CT molecular complexity index is 1160. The first-order chi connectivity index (χ1) is 16.1. The van der Waals surface area contributed by atoms with Crippen molar-refractivity contribution in [2.24, 2.45) is 5.92 Å². The lowest BCUT2D eigenvalue weighted by atomic mass is 9.96. The summed E-state index contributed by atoms with van der Waals surface area (Å²) in [5.74, 6) is 2.23. The van der Waals surface area contributed by atoms with Crippen LogP contribution in [0, 0.1) is 12.8 Å². The molecule has 33 heavy (non-hydrogen) atoms. The van der Waals surface area contributed by atoms with Crippen molar-refractivity contribution in [3.63, 3.8) is 0 Å². The number of anilines is 1. The van der Waals surface area contributed by atoms with Gasteiger partial charge in [-0.3, -0.25) is 4.79 Å². The zero-order valence-corrected chi connectivity index (χ0v) is 19.0. The number of hydrogen-bond acceptors (Lipinski definition) is 6. The second-order valence-corrected chi connectivity index (χ2v) is 9.04. The third-order valence-electron chi connectivity index (χ3n) is 6.71. The Morgan fingerprint density at radius 3 is 2.61 bits per heavy atom. The minimum atomic E-state index is 0. The van der Waals surface area contributed by atoms with Gasteiger partial charge in [0, 0.05) is 52.6 Å². The van der Waals surface area contributed by atoms with Gasteiger partial charge in [0.15, 0.2) is 5.82 Å². The number of carbonyl (C=O) groups is 1. The van der Waals surface area contributed by atoms with E-state index in [0.29, 0.717) is 36.8 Å². The van der Waals surface area contributed by atoms with E-state index in [1.54, 1.807) is 12.1 Å². The molecule has 7 heteroatoms. The highest BCUT2D eigenvalue weighted by Gasteiger charge is 2.26. The molecule has 1 amide bonds. The van der Waals surface area contributed by atoms with Crippen molar-refractivity contribution in [1.82, 2.24) is 14.9 Å². The highest BCUT2D eigenvalue weighted by Crippen LogP contribution is 2.32. The lowest BCUT2D eigenvalue weighted by molar-refractivity contribution is -0.133. The summed E-state index contributed by atoms with van der Waals surface area (Å²) in [4.78, 5) is 26.7. The van der Waals surface area contributed by atoms with E-state index in [2.05, 4.69) is 23.1 Å². The Hall–Kier alpha value is -3.19. The van der Waals surface area contributed by atoms with E-state index in [9.17, 15) is 9.90 Å². The van der Waals surface area contributed by atoms with Crippen LogP contribution in [0.2, 0.25) is 0 Å². The van der Waals surface area contributed by atoms with Gasteiger partial charge in [-0.25, -0.2) is 9.97 Å². The fourth-order valence-electron chi connectivity index (χ4n) is 4.74. The van der Waals surface area contributed by atoms with E-state index in [1.165, 1.54) is 0 Å². The number of para-hydroxylation sites is 1. The second kappa shape index (κ2) is 9.35. The molecule has 3 heterocycles. The molecule has 0 unspecified atom stereocenters. The number of carbonyl (C=O) groups excluding carboxylic acids is 1. The number of aryl methyl sites for hydroxylation is 1. The van der Waals surface area contributed by atoms with Crippen LogP contribution < -0.4 is 4.90 Å². The van der Waals surface area contributed by atoms with E-state index in [-0.39, 0.29) is 13.1 Å². The van der Waals surface area contributed by atoms with E-state index >= 15 is 0 Å². The van der Waals surface area contributed by atoms with Crippen LogP contribution in [0.25, 0.3) is 22.3 Å². The summed E-state index contributed by atoms with van der Waals surface area (Å²) in [7, 11) is 0. The molecule has 2 aliphatic heterocycles. The average Bonchev–Trinajstić information content (AvgIpc) is 2.84. The topological polar surface area (TPSA) is 78.8 Å². The lowest BCUT2D eigenvalue weighted by Crippen LogP contribution is -2.49. The van der Waals surface area contributed by atoms with Gasteiger partial charge in [-0.2, -0.15) is 0 Å². The number of nitrogens with zero attached hydrogens (tertiary/aromatic N) is 4. The van der Waals surface area contributed by atoms with Crippen molar-refractivity contribution in [2.45, 2.75) is 26.2 Å². The van der Waals surface area contributed by atoms with E-state index in [4.69, 9.17) is 14.7 Å². The summed E-state index contributed by atoms with van der Waals surface area (Å²) in [6, 6.07) is 13.4. The van der Waals surface area contributed by atoms with Crippen molar-refractivity contribution < 1.29 is 16.1 Å². The predicted octanol–water partition coefficient (Wildman–Crippen LogP) is 4.02. The third kappa shape index (κ3) is 4.64. The lowest BCUT2D eigenvalue weighted by Gasteiger charge is -2.36. The Kier molecular flexibility index (Phi) is 6.13. The van der Waals surface area contributed by atoms with Crippen LogP contribution in [0.1, 0.15) is 26.3 Å². The number of aromatic nitrogens is 2. The molecule has 2 fully saturated rings. The molecule has 2 aromatic carbocycles. The third-order valence-corrected chi connectivity index (χ3v) is 6.71. The van der Waals surface area contributed by atoms with Gasteiger partial charge in [0.05, 0.1) is 11.1 Å². The zero-order valence-electron chi connectivity index (χ0n) is 19.0. The van der Waals surface area contributed by atoms with Crippen LogP contribution >= 0.6 is 0 Å². The van der Waals surface area contributed by atoms with E-state index in [1.807, 2.05) is 24.0 Å². The van der Waals surface area contributed by atoms with Crippen LogP contribution in [-0.2, 0) is 9.53 Å². The molecule has 0 saturated carbocycles. The largest absolute Gasteiger partial charge is 0.507 e. The summed E-state index contributed by atoms with van der Waals surface area (Å²) in [6.45, 7) is 6.40. The standard InChI is InChI=1S/C26H30N4O3.H2/c1-18-6-7-20-22(16-18)27-25(21-4-2-3-5-23(21)31)28-26(20)30-12-10-29(11-13-30)24(32)17-19-8-14-33-15-9-19;/h2-7,16,19,31H,8-15,17H2,1H3;1H. The fourth-order valence-corrected chi connectivity index (χ4v) is 4.74. The molecule has 0 spiro atoms. The predicted molar refractivity (Wildman–Crippen MR) is 130 cm³/mol. The minimum Gasteiger partial charge on any atom is -0.507 e. The SMILES string of the molecule is Cc1ccc2c(N3CCN(C(=O)CC4CCOCC4)CC3)nc(-c3ccccc3O)nc2c1.[HH]. The van der Waals surface area contributed by atoms with Gasteiger partial charge in [-0.15, -0.1) is 0 Å². The van der Waals surface area contributed by atoms with Crippen LogP contribution in [0.5, 0.6) is 5.75 Å². The number of hydrogen-bond donors (Lipinski definition) is 1. The van der Waals surface area contributed by atoms with Gasteiger partial charge in [-0.05, 0) is 55.5 Å².